The van der Waals surface area contributed by atoms with Gasteiger partial charge in [0.1, 0.15) is 11.6 Å². The number of aromatic nitrogens is 21. The fraction of sp³-hybridized carbons (Fsp3) is 0.180. The molecule has 0 spiro atoms. The van der Waals surface area contributed by atoms with Gasteiger partial charge in [0, 0.05) is 82.3 Å². The third kappa shape index (κ3) is 31.8. The van der Waals surface area contributed by atoms with Gasteiger partial charge in [0.15, 0.2) is 0 Å². The van der Waals surface area contributed by atoms with E-state index in [1.807, 2.05) is 192 Å². The number of sulfonamides is 3. The van der Waals surface area contributed by atoms with Crippen molar-refractivity contribution in [1.82, 2.24) is 110 Å². The molecule has 638 valence electrons. The van der Waals surface area contributed by atoms with E-state index in [1.165, 1.54) is 10.9 Å². The summed E-state index contributed by atoms with van der Waals surface area (Å²) in [5.74, 6) is 3.35. The summed E-state index contributed by atoms with van der Waals surface area (Å²) in [7, 11) is -8.82. The molecule has 0 aliphatic carbocycles. The molecular weight excluding hydrogens is 1940 g/mol. The first-order chi connectivity index (χ1) is 59.5. The van der Waals surface area contributed by atoms with E-state index < -0.39 is 30.1 Å². The van der Waals surface area contributed by atoms with Crippen molar-refractivity contribution in [2.45, 2.75) is 68.9 Å². The zero-order chi connectivity index (χ0) is 88.1. The molecular formula is C89H90Al4Ga3N25O7S3+14. The zero-order valence-corrected chi connectivity index (χ0v) is 88.7. The van der Waals surface area contributed by atoms with E-state index >= 15 is 0 Å². The second-order valence-electron chi connectivity index (χ2n) is 28.3. The molecule has 18 aromatic rings. The molecule has 11 aromatic heterocycles. The second-order valence-corrected chi connectivity index (χ2v) is 33.2. The Balaban J connectivity index is 0.000000272. The molecule has 0 bridgehead atoms. The number of pyridine rings is 1. The number of benzene rings is 7. The molecule has 0 aliphatic rings. The molecule has 3 N–H and O–H groups in total. The minimum Gasteiger partial charge on any atom is -0.577 e. The molecule has 0 atom stereocenters. The van der Waals surface area contributed by atoms with Crippen LogP contribution in [0.1, 0.15) is 59.3 Å². The Morgan fingerprint density at radius 3 is 1.71 bits per heavy atom. The Kier molecular flexibility index (Phi) is 44.0. The van der Waals surface area contributed by atoms with Gasteiger partial charge in [0.25, 0.3) is 0 Å². The molecule has 0 saturated heterocycles. The summed E-state index contributed by atoms with van der Waals surface area (Å²) in [6, 6.07) is 66.9. The van der Waals surface area contributed by atoms with Crippen molar-refractivity contribution in [1.29, 1.82) is 0 Å². The van der Waals surface area contributed by atoms with Gasteiger partial charge >= 0.3 is 129 Å². The van der Waals surface area contributed by atoms with Gasteiger partial charge in [-0.1, -0.05) is 189 Å². The van der Waals surface area contributed by atoms with Crippen molar-refractivity contribution >= 4 is 198 Å². The molecule has 0 fully saturated rings. The molecule has 42 heteroatoms. The van der Waals surface area contributed by atoms with Crippen molar-refractivity contribution in [3.05, 3.63) is 315 Å². The number of ether oxygens (including phenoxy) is 1. The molecule has 0 saturated carbocycles. The molecule has 0 unspecified atom stereocenters. The van der Waals surface area contributed by atoms with Crippen molar-refractivity contribution in [3.8, 4) is 91.3 Å². The summed E-state index contributed by atoms with van der Waals surface area (Å²) in [4.78, 5) is 35.0. The van der Waals surface area contributed by atoms with Crippen molar-refractivity contribution in [3.63, 3.8) is 0 Å². The fourth-order valence-electron chi connectivity index (χ4n) is 12.6. The molecule has 32 nitrogen and oxygen atoms in total. The molecule has 18 rings (SSSR count). The van der Waals surface area contributed by atoms with Crippen LogP contribution in [0.2, 0.25) is 0 Å². The van der Waals surface area contributed by atoms with E-state index in [0.29, 0.717) is 68.4 Å². The molecule has 7 aromatic carbocycles. The van der Waals surface area contributed by atoms with Gasteiger partial charge < -0.3 is 69.0 Å². The predicted molar refractivity (Wildman–Crippen MR) is 523 cm³/mol. The van der Waals surface area contributed by atoms with Gasteiger partial charge in [-0.2, -0.15) is 10.2 Å². The summed E-state index contributed by atoms with van der Waals surface area (Å²) < 4.78 is 89.8. The number of H-pyrrole nitrogens is 3. The van der Waals surface area contributed by atoms with Gasteiger partial charge in [-0.25, -0.2) is 44.9 Å². The van der Waals surface area contributed by atoms with Crippen LogP contribution in [0.3, 0.4) is 0 Å². The van der Waals surface area contributed by atoms with E-state index in [2.05, 4.69) is 155 Å². The zero-order valence-electron chi connectivity index (χ0n) is 74.3. The van der Waals surface area contributed by atoms with Crippen LogP contribution in [0, 0.1) is 48.5 Å². The monoisotopic (exact) mass is 2030 g/mol. The Hall–Kier alpha value is -10.6. The van der Waals surface area contributed by atoms with E-state index in [-0.39, 0.29) is 129 Å². The number of methoxy groups -OCH3 is 1. The predicted octanol–water partition coefficient (Wildman–Crippen LogP) is 13.9. The van der Waals surface area contributed by atoms with E-state index in [0.717, 1.165) is 135 Å². The minimum absolute atomic E-state index is 0. The summed E-state index contributed by atoms with van der Waals surface area (Å²) in [6.45, 7) is 21.1. The largest absolute Gasteiger partial charge is 3.00 e. The molecule has 0 radical (unpaired) electrons. The van der Waals surface area contributed by atoms with Crippen LogP contribution >= 0.6 is 0 Å². The summed E-state index contributed by atoms with van der Waals surface area (Å²) in [5.41, 5.74) is 20.0. The number of hydrogen-bond acceptors (Lipinski definition) is 19. The summed E-state index contributed by atoms with van der Waals surface area (Å²) in [6.07, 6.45) is 15.2. The van der Waals surface area contributed by atoms with Gasteiger partial charge in [-0.05, 0) is 161 Å². The van der Waals surface area contributed by atoms with Crippen molar-refractivity contribution in [2.24, 2.45) is 0 Å². The fourth-order valence-corrected chi connectivity index (χ4v) is 14.2. The van der Waals surface area contributed by atoms with E-state index in [4.69, 9.17) is 4.74 Å². The van der Waals surface area contributed by atoms with Gasteiger partial charge in [-0.3, -0.25) is 29.7 Å². The topological polar surface area (TPSA) is 418 Å². The number of nitrogens with zero attached hydrogens (tertiary/aromatic N) is 22. The van der Waals surface area contributed by atoms with Crippen molar-refractivity contribution in [2.75, 3.05) is 39.0 Å². The van der Waals surface area contributed by atoms with Crippen LogP contribution in [-0.2, 0) is 36.6 Å². The Labute approximate surface area is 843 Å². The van der Waals surface area contributed by atoms with Crippen LogP contribution in [0.25, 0.3) is 121 Å². The van der Waals surface area contributed by atoms with Crippen molar-refractivity contribution < 1.29 is 30.0 Å². The second kappa shape index (κ2) is 52.0. The Bertz CT molecular complexity index is 6920. The number of para-hydroxylation sites is 2. The molecule has 0 amide bonds. The Morgan fingerprint density at radius 2 is 1.09 bits per heavy atom. The summed E-state index contributed by atoms with van der Waals surface area (Å²) in [5, 5.41) is 41.4. The average molecular weight is 2040 g/mol. The maximum Gasteiger partial charge on any atom is 3.00 e. The van der Waals surface area contributed by atoms with Gasteiger partial charge in [0.05, 0.1) is 96.6 Å². The van der Waals surface area contributed by atoms with Gasteiger partial charge in [-0.15, -0.1) is 22.6 Å². The number of hydrogen-bond donors (Lipinski definition) is 3. The molecule has 0 aliphatic heterocycles. The van der Waals surface area contributed by atoms with Gasteiger partial charge in [0.2, 0.25) is 5.95 Å². The van der Waals surface area contributed by atoms with E-state index in [1.54, 1.807) is 102 Å². The van der Waals surface area contributed by atoms with Crippen LogP contribution in [0.4, 0.5) is 17.1 Å². The SMILES string of the molecule is CCN(CC)Cc1n[n-]c2ccccc12.COc1ccc([N-]S(C)(=O)=O)c(-c2cnc(-c3ccccc3)[nH]2)c1.CS(=O)(=O)[N-]c1cccc2cn[nH]c12.Cc1cc(-c2ccccn2)[n-]n1.Cc1cc(-n2nc(C)cc2C)[n-]n1.Cc1cc(C)n(-c2ncc(-c3ccccc3[N-]S(C)(=O)=O)[nH]2)n1.Cc1cccc(-c2c[n-]c(-c3cncn3-c3ccccc3)n2)c1.[Al+3].[Al+3].[Al+3].[Al+3].[Ga+3].[Ga+3].[Ga+3]. The normalized spacial score (nSPS) is 10.5. The molecule has 11 heterocycles. The number of rotatable bonds is 20. The minimum atomic E-state index is -3.52. The van der Waals surface area contributed by atoms with Crippen LogP contribution in [0.5, 0.6) is 5.75 Å². The first-order valence-electron chi connectivity index (χ1n) is 38.9. The molecule has 131 heavy (non-hydrogen) atoms. The van der Waals surface area contributed by atoms with E-state index in [9.17, 15) is 25.3 Å². The quantitative estimate of drug-likeness (QED) is 0.0597. The number of nitrogens with one attached hydrogen (secondary N) is 3. The van der Waals surface area contributed by atoms with Crippen LogP contribution < -0.4 is 25.0 Å². The van der Waals surface area contributed by atoms with Crippen LogP contribution in [-0.4, -0.2) is 282 Å². The standard InChI is InChI=1S/C19H15N4.C17H16N3O3S.C15H16N5O2S.C12H16N3.C9H11N4.C9H8N3.C8H8N3O2S.4Al.3Ga/c1-14-6-5-7-15(10-14)17-11-21-19(22-17)18-12-20-13-23(18)16-8-3-2-4-9-16;1-23-13-8-9-15(20-24(2,21)22)14(10-13)16-11-18-17(19-16)12-6-4-3-5-7-12;1-10-8-11(2)20(18-10)15-16-9-14(17-15)12-6-4-5-7-13(12)19-23(3,21)22;1-3-15(4-2)9-12-10-7-5-6-8-11(10)13-14-12;1-6-5-9(11-10-6)13-8(3)4-7(2)12-13;1-7-6-9(12-11-7)8-4-2-3-5-10-8;1-14(12,13)11-7-4-2-3-6-5-9-10-8(6)7;;;;;;;/h2-13H,1H3;3-11H,1-2H3,(H,18,19);4-9H,1-3H3,(H,16,17);5-8H,3-4,9H2,1-2H3;4-5H,1-3H3;2-6H,1H3;2-5H,1H3,(H,9,10);;;;;;;/q7*-1;7*+3. The number of aryl methyl sites for hydroxylation is 7. The number of fused-ring (bicyclic) bond motifs is 2. The average Bonchev–Trinajstić information content (AvgIpc) is 1.72. The summed E-state index contributed by atoms with van der Waals surface area (Å²) >= 11 is 0. The third-order valence-electron chi connectivity index (χ3n) is 18.3. The first kappa shape index (κ1) is 111. The number of imidazole rings is 4. The first-order valence-corrected chi connectivity index (χ1v) is 44.4. The maximum absolute atomic E-state index is 11.5. The maximum atomic E-state index is 11.5. The smallest absolute Gasteiger partial charge is 0.577 e. The third-order valence-corrected chi connectivity index (χ3v) is 19.9. The Morgan fingerprint density at radius 1 is 0.504 bits per heavy atom. The van der Waals surface area contributed by atoms with Crippen LogP contribution in [0.15, 0.2) is 256 Å². The number of aromatic amines is 3.